The Labute approximate surface area is 104 Å². The summed E-state index contributed by atoms with van der Waals surface area (Å²) in [7, 11) is 0. The molecule has 94 valence electrons. The normalized spacial score (nSPS) is 14.3. The second kappa shape index (κ2) is 7.25. The lowest BCUT2D eigenvalue weighted by atomic mass is 10.0. The molecule has 0 saturated carbocycles. The Morgan fingerprint density at radius 2 is 2.00 bits per heavy atom. The third-order valence-corrected chi connectivity index (χ3v) is 2.89. The van der Waals surface area contributed by atoms with Crippen molar-refractivity contribution in [2.24, 2.45) is 0 Å². The SMILES string of the molecule is C=C(C[C@H](O)CC)[C@@H](C)OCc1ccccc1. The van der Waals surface area contributed by atoms with Crippen molar-refractivity contribution < 1.29 is 9.84 Å². The van der Waals surface area contributed by atoms with Crippen LogP contribution in [0.15, 0.2) is 42.5 Å². The molecule has 17 heavy (non-hydrogen) atoms. The molecule has 1 aromatic carbocycles. The van der Waals surface area contributed by atoms with Crippen LogP contribution >= 0.6 is 0 Å². The van der Waals surface area contributed by atoms with Gasteiger partial charge in [0.25, 0.3) is 0 Å². The molecule has 0 spiro atoms. The van der Waals surface area contributed by atoms with Crippen LogP contribution in [-0.2, 0) is 11.3 Å². The lowest BCUT2D eigenvalue weighted by Crippen LogP contribution is -2.16. The van der Waals surface area contributed by atoms with Crippen molar-refractivity contribution in [3.63, 3.8) is 0 Å². The van der Waals surface area contributed by atoms with E-state index in [-0.39, 0.29) is 12.2 Å². The van der Waals surface area contributed by atoms with Crippen LogP contribution in [0, 0.1) is 0 Å². The van der Waals surface area contributed by atoms with Crippen molar-refractivity contribution in [3.05, 3.63) is 48.0 Å². The molecule has 0 radical (unpaired) electrons. The summed E-state index contributed by atoms with van der Waals surface area (Å²) in [6, 6.07) is 10.1. The van der Waals surface area contributed by atoms with E-state index < -0.39 is 0 Å². The first-order valence-electron chi connectivity index (χ1n) is 6.14. The number of ether oxygens (including phenoxy) is 1. The summed E-state index contributed by atoms with van der Waals surface area (Å²) in [5, 5.41) is 9.55. The minimum Gasteiger partial charge on any atom is -0.393 e. The van der Waals surface area contributed by atoms with Crippen LogP contribution in [0.5, 0.6) is 0 Å². The number of hydrogen-bond donors (Lipinski definition) is 1. The molecule has 0 heterocycles. The predicted octanol–water partition coefficient (Wildman–Crippen LogP) is 3.31. The lowest BCUT2D eigenvalue weighted by Gasteiger charge is -2.18. The van der Waals surface area contributed by atoms with Crippen molar-refractivity contribution in [2.75, 3.05) is 0 Å². The molecular formula is C15H22O2. The van der Waals surface area contributed by atoms with E-state index in [1.165, 1.54) is 0 Å². The summed E-state index contributed by atoms with van der Waals surface area (Å²) in [4.78, 5) is 0. The van der Waals surface area contributed by atoms with Gasteiger partial charge in [0.05, 0.1) is 18.8 Å². The van der Waals surface area contributed by atoms with Crippen LogP contribution in [-0.4, -0.2) is 17.3 Å². The van der Waals surface area contributed by atoms with E-state index in [1.807, 2.05) is 44.2 Å². The summed E-state index contributed by atoms with van der Waals surface area (Å²) in [6.07, 6.45) is 1.05. The molecular weight excluding hydrogens is 212 g/mol. The predicted molar refractivity (Wildman–Crippen MR) is 70.7 cm³/mol. The summed E-state index contributed by atoms with van der Waals surface area (Å²) in [5.74, 6) is 0. The lowest BCUT2D eigenvalue weighted by molar-refractivity contribution is 0.0676. The van der Waals surface area contributed by atoms with Crippen molar-refractivity contribution >= 4 is 0 Å². The molecule has 0 fully saturated rings. The quantitative estimate of drug-likeness (QED) is 0.733. The highest BCUT2D eigenvalue weighted by molar-refractivity contribution is 5.13. The molecule has 0 saturated heterocycles. The van der Waals surface area contributed by atoms with Gasteiger partial charge in [-0.05, 0) is 30.9 Å². The Morgan fingerprint density at radius 1 is 1.35 bits per heavy atom. The van der Waals surface area contributed by atoms with E-state index in [1.54, 1.807) is 0 Å². The highest BCUT2D eigenvalue weighted by atomic mass is 16.5. The van der Waals surface area contributed by atoms with Gasteiger partial charge in [0.2, 0.25) is 0 Å². The third-order valence-electron chi connectivity index (χ3n) is 2.89. The van der Waals surface area contributed by atoms with Gasteiger partial charge in [0.1, 0.15) is 0 Å². The summed E-state index contributed by atoms with van der Waals surface area (Å²) < 4.78 is 5.72. The zero-order chi connectivity index (χ0) is 12.7. The Morgan fingerprint density at radius 3 is 2.59 bits per heavy atom. The van der Waals surface area contributed by atoms with Crippen LogP contribution in [0.4, 0.5) is 0 Å². The first kappa shape index (κ1) is 13.9. The standard InChI is InChI=1S/C15H22O2/c1-4-15(16)10-12(2)13(3)17-11-14-8-6-5-7-9-14/h5-9,13,15-16H,2,4,10-11H2,1,3H3/t13-,15-/m1/s1. The van der Waals surface area contributed by atoms with Crippen molar-refractivity contribution in [2.45, 2.75) is 45.5 Å². The number of benzene rings is 1. The molecule has 0 aromatic heterocycles. The van der Waals surface area contributed by atoms with Gasteiger partial charge in [0, 0.05) is 0 Å². The largest absolute Gasteiger partial charge is 0.393 e. The number of aliphatic hydroxyl groups excluding tert-OH is 1. The van der Waals surface area contributed by atoms with Gasteiger partial charge in [-0.3, -0.25) is 0 Å². The average Bonchev–Trinajstić information content (AvgIpc) is 2.36. The maximum Gasteiger partial charge on any atom is 0.0759 e. The van der Waals surface area contributed by atoms with E-state index in [2.05, 4.69) is 6.58 Å². The van der Waals surface area contributed by atoms with Crippen LogP contribution in [0.3, 0.4) is 0 Å². The number of rotatable bonds is 7. The fourth-order valence-electron chi connectivity index (χ4n) is 1.53. The van der Waals surface area contributed by atoms with Crippen LogP contribution in [0.2, 0.25) is 0 Å². The Bertz CT molecular complexity index is 332. The molecule has 0 bridgehead atoms. The zero-order valence-corrected chi connectivity index (χ0v) is 10.7. The molecule has 1 rings (SSSR count). The molecule has 0 amide bonds. The van der Waals surface area contributed by atoms with E-state index in [0.717, 1.165) is 17.6 Å². The van der Waals surface area contributed by atoms with Gasteiger partial charge >= 0.3 is 0 Å². The molecule has 2 heteroatoms. The number of aliphatic hydroxyl groups is 1. The van der Waals surface area contributed by atoms with Gasteiger partial charge < -0.3 is 9.84 Å². The maximum atomic E-state index is 9.55. The molecule has 0 unspecified atom stereocenters. The average molecular weight is 234 g/mol. The maximum absolute atomic E-state index is 9.55. The highest BCUT2D eigenvalue weighted by Crippen LogP contribution is 2.14. The van der Waals surface area contributed by atoms with E-state index in [9.17, 15) is 5.11 Å². The smallest absolute Gasteiger partial charge is 0.0759 e. The van der Waals surface area contributed by atoms with Crippen molar-refractivity contribution in [1.82, 2.24) is 0 Å². The number of hydrogen-bond acceptors (Lipinski definition) is 2. The monoisotopic (exact) mass is 234 g/mol. The fourth-order valence-corrected chi connectivity index (χ4v) is 1.53. The first-order valence-corrected chi connectivity index (χ1v) is 6.14. The minimum absolute atomic E-state index is 0.0172. The zero-order valence-electron chi connectivity index (χ0n) is 10.7. The Hall–Kier alpha value is -1.12. The first-order chi connectivity index (χ1) is 8.13. The molecule has 2 atom stereocenters. The summed E-state index contributed by atoms with van der Waals surface area (Å²) >= 11 is 0. The second-order valence-electron chi connectivity index (χ2n) is 4.36. The summed E-state index contributed by atoms with van der Waals surface area (Å²) in [6.45, 7) is 8.50. The van der Waals surface area contributed by atoms with Crippen molar-refractivity contribution in [3.8, 4) is 0 Å². The van der Waals surface area contributed by atoms with E-state index in [4.69, 9.17) is 4.74 Å². The third kappa shape index (κ3) is 5.16. The minimum atomic E-state index is -0.301. The molecule has 2 nitrogen and oxygen atoms in total. The van der Waals surface area contributed by atoms with Crippen LogP contribution in [0.1, 0.15) is 32.3 Å². The van der Waals surface area contributed by atoms with Crippen molar-refractivity contribution in [1.29, 1.82) is 0 Å². The van der Waals surface area contributed by atoms with Gasteiger partial charge in [-0.1, -0.05) is 43.8 Å². The van der Waals surface area contributed by atoms with Crippen LogP contribution in [0.25, 0.3) is 0 Å². The highest BCUT2D eigenvalue weighted by Gasteiger charge is 2.11. The Balaban J connectivity index is 2.34. The molecule has 1 N–H and O–H groups in total. The topological polar surface area (TPSA) is 29.5 Å². The second-order valence-corrected chi connectivity index (χ2v) is 4.36. The molecule has 0 aliphatic carbocycles. The van der Waals surface area contributed by atoms with E-state index in [0.29, 0.717) is 13.0 Å². The molecule has 0 aliphatic heterocycles. The van der Waals surface area contributed by atoms with Gasteiger partial charge in [0.15, 0.2) is 0 Å². The Kier molecular flexibility index (Phi) is 5.95. The van der Waals surface area contributed by atoms with E-state index >= 15 is 0 Å². The summed E-state index contributed by atoms with van der Waals surface area (Å²) in [5.41, 5.74) is 2.11. The van der Waals surface area contributed by atoms with Gasteiger partial charge in [-0.25, -0.2) is 0 Å². The molecule has 1 aromatic rings. The van der Waals surface area contributed by atoms with Gasteiger partial charge in [-0.2, -0.15) is 0 Å². The molecule has 0 aliphatic rings. The fraction of sp³-hybridized carbons (Fsp3) is 0.467. The van der Waals surface area contributed by atoms with Crippen LogP contribution < -0.4 is 0 Å². The van der Waals surface area contributed by atoms with Gasteiger partial charge in [-0.15, -0.1) is 0 Å².